The van der Waals surface area contributed by atoms with E-state index in [9.17, 15) is 21.6 Å². The SMILES string of the molecule is COc1ccc(CN(Cc2ccc(OC)cc2)S(=O)(=O)c2cnn(C(C)(C)C(N)=O)c2)cc1.COc1ccc(CN(Cc2ccc(OC)cc2)S(=O)(=O)c2cnn(C(C)(C)CN)c2)cc1. The van der Waals surface area contributed by atoms with Gasteiger partial charge in [-0.1, -0.05) is 48.5 Å². The largest absolute Gasteiger partial charge is 0.497 e. The molecule has 2 aromatic heterocycles. The number of rotatable bonds is 20. The fraction of sp³-hybridized carbons (Fsp3) is 0.326. The van der Waals surface area contributed by atoms with E-state index in [0.717, 1.165) is 22.3 Å². The third-order valence-corrected chi connectivity index (χ3v) is 14.2. The van der Waals surface area contributed by atoms with Crippen LogP contribution in [0.2, 0.25) is 0 Å². The molecule has 0 fully saturated rings. The fourth-order valence-corrected chi connectivity index (χ4v) is 8.91. The lowest BCUT2D eigenvalue weighted by molar-refractivity contribution is -0.125. The maximum absolute atomic E-state index is 13.6. The van der Waals surface area contributed by atoms with Gasteiger partial charge in [-0.2, -0.15) is 18.8 Å². The van der Waals surface area contributed by atoms with Crippen LogP contribution in [0, 0.1) is 0 Å². The van der Waals surface area contributed by atoms with E-state index in [1.807, 2.05) is 86.6 Å². The fourth-order valence-electron chi connectivity index (χ4n) is 6.21. The van der Waals surface area contributed by atoms with Crippen LogP contribution in [0.5, 0.6) is 23.0 Å². The Labute approximate surface area is 381 Å². The molecule has 0 aliphatic rings. The van der Waals surface area contributed by atoms with Crippen molar-refractivity contribution in [1.29, 1.82) is 0 Å². The quantitative estimate of drug-likeness (QED) is 0.0971. The van der Waals surface area contributed by atoms with Gasteiger partial charge in [0, 0.05) is 45.1 Å². The standard InChI is InChI=1S/C23H28N4O5S.C23H30N4O4S/c1-23(2,22(24)28)27-16-21(13-25-27)33(29,30)26(14-17-5-9-19(31-3)10-6-17)15-18-7-11-20(32-4)12-8-18;1-23(2,17-24)27-16-22(13-25-27)32(28,29)26(14-18-5-9-20(30-3)10-6-18)15-19-7-11-21(31-4)12-8-19/h5-13,16H,14-15H2,1-4H3,(H2,24,28);5-13,16H,14-15,17,24H2,1-4H3. The molecule has 17 nitrogen and oxygen atoms in total. The van der Waals surface area contributed by atoms with E-state index in [-0.39, 0.29) is 36.0 Å². The molecule has 2 heterocycles. The van der Waals surface area contributed by atoms with Crippen molar-refractivity contribution < 1.29 is 40.6 Å². The van der Waals surface area contributed by atoms with E-state index in [1.165, 1.54) is 38.1 Å². The molecule has 0 aliphatic heterocycles. The monoisotopic (exact) mass is 930 g/mol. The Morgan fingerprint density at radius 1 is 0.538 bits per heavy atom. The minimum atomic E-state index is -3.96. The Morgan fingerprint density at radius 3 is 1.08 bits per heavy atom. The van der Waals surface area contributed by atoms with Crippen molar-refractivity contribution in [2.45, 2.75) is 74.7 Å². The topological polar surface area (TPSA) is 216 Å². The molecule has 0 atom stereocenters. The number of benzene rings is 4. The third kappa shape index (κ3) is 12.3. The molecule has 0 saturated heterocycles. The Hall–Kier alpha value is -6.25. The number of amides is 1. The van der Waals surface area contributed by atoms with Crippen LogP contribution in [0.25, 0.3) is 0 Å². The third-order valence-electron chi connectivity index (χ3n) is 10.8. The molecule has 1 amide bonds. The number of nitrogens with two attached hydrogens (primary N) is 2. The maximum Gasteiger partial charge on any atom is 0.246 e. The summed E-state index contributed by atoms with van der Waals surface area (Å²) in [6.45, 7) is 7.94. The Morgan fingerprint density at radius 2 is 0.815 bits per heavy atom. The number of hydrogen-bond donors (Lipinski definition) is 2. The van der Waals surface area contributed by atoms with Gasteiger partial charge in [0.15, 0.2) is 0 Å². The molecule has 4 N–H and O–H groups in total. The summed E-state index contributed by atoms with van der Waals surface area (Å²) in [5, 5.41) is 8.36. The van der Waals surface area contributed by atoms with Gasteiger partial charge < -0.3 is 30.4 Å². The maximum atomic E-state index is 13.6. The van der Waals surface area contributed by atoms with Crippen molar-refractivity contribution in [1.82, 2.24) is 28.2 Å². The molecule has 0 radical (unpaired) electrons. The van der Waals surface area contributed by atoms with E-state index in [2.05, 4.69) is 10.2 Å². The van der Waals surface area contributed by atoms with E-state index in [0.29, 0.717) is 29.5 Å². The number of nitrogens with zero attached hydrogens (tertiary/aromatic N) is 6. The van der Waals surface area contributed by atoms with Crippen LogP contribution in [-0.4, -0.2) is 85.9 Å². The number of carbonyl (C=O) groups is 1. The van der Waals surface area contributed by atoms with Crippen molar-refractivity contribution >= 4 is 26.0 Å². The van der Waals surface area contributed by atoms with Crippen molar-refractivity contribution in [3.05, 3.63) is 144 Å². The summed E-state index contributed by atoms with van der Waals surface area (Å²) in [5.41, 5.74) is 12.9. The first-order valence-corrected chi connectivity index (χ1v) is 23.3. The summed E-state index contributed by atoms with van der Waals surface area (Å²) in [4.78, 5) is 11.9. The first-order valence-electron chi connectivity index (χ1n) is 20.4. The predicted octanol–water partition coefficient (Wildman–Crippen LogP) is 5.50. The number of methoxy groups -OCH3 is 4. The summed E-state index contributed by atoms with van der Waals surface area (Å²) < 4.78 is 80.9. The van der Waals surface area contributed by atoms with Crippen molar-refractivity contribution in [3.63, 3.8) is 0 Å². The molecule has 65 heavy (non-hydrogen) atoms. The zero-order valence-electron chi connectivity index (χ0n) is 37.9. The first-order chi connectivity index (χ1) is 30.8. The highest BCUT2D eigenvalue weighted by Crippen LogP contribution is 2.27. The Kier molecular flexibility index (Phi) is 16.2. The number of carbonyl (C=O) groups excluding carboxylic acids is 1. The minimum Gasteiger partial charge on any atom is -0.497 e. The van der Waals surface area contributed by atoms with Crippen LogP contribution in [0.3, 0.4) is 0 Å². The molecule has 0 spiro atoms. The molecule has 6 aromatic rings. The summed E-state index contributed by atoms with van der Waals surface area (Å²) in [7, 11) is -1.46. The molecule has 0 aliphatic carbocycles. The smallest absolute Gasteiger partial charge is 0.246 e. The normalized spacial score (nSPS) is 12.1. The van der Waals surface area contributed by atoms with Crippen LogP contribution in [0.15, 0.2) is 132 Å². The number of sulfonamides is 2. The molecule has 19 heteroatoms. The molecule has 6 rings (SSSR count). The van der Waals surface area contributed by atoms with Crippen LogP contribution in [-0.2, 0) is 62.1 Å². The second-order valence-corrected chi connectivity index (χ2v) is 20.0. The van der Waals surface area contributed by atoms with Gasteiger partial charge in [0.05, 0.1) is 46.4 Å². The van der Waals surface area contributed by atoms with E-state index < -0.39 is 37.0 Å². The molecular weight excluding hydrogens is 873 g/mol. The van der Waals surface area contributed by atoms with Crippen LogP contribution < -0.4 is 30.4 Å². The van der Waals surface area contributed by atoms with Gasteiger partial charge in [-0.05, 0) is 98.5 Å². The molecule has 0 bridgehead atoms. The Balaban J connectivity index is 0.000000244. The van der Waals surface area contributed by atoms with Gasteiger partial charge in [0.1, 0.15) is 38.3 Å². The number of ether oxygens (including phenoxy) is 4. The number of aromatic nitrogens is 4. The highest BCUT2D eigenvalue weighted by Gasteiger charge is 2.33. The van der Waals surface area contributed by atoms with Crippen LogP contribution in [0.4, 0.5) is 0 Å². The second-order valence-electron chi connectivity index (χ2n) is 16.1. The minimum absolute atomic E-state index is 0.0288. The van der Waals surface area contributed by atoms with Crippen molar-refractivity contribution in [3.8, 4) is 23.0 Å². The van der Waals surface area contributed by atoms with Crippen LogP contribution in [0.1, 0.15) is 49.9 Å². The zero-order valence-corrected chi connectivity index (χ0v) is 39.5. The van der Waals surface area contributed by atoms with E-state index in [1.54, 1.807) is 71.2 Å². The lowest BCUT2D eigenvalue weighted by Gasteiger charge is -2.24. The van der Waals surface area contributed by atoms with Crippen molar-refractivity contribution in [2.24, 2.45) is 11.5 Å². The first kappa shape index (κ1) is 49.8. The zero-order chi connectivity index (χ0) is 47.6. The average molecular weight is 931 g/mol. The van der Waals surface area contributed by atoms with Gasteiger partial charge in [-0.3, -0.25) is 14.2 Å². The number of hydrogen-bond acceptors (Lipinski definition) is 12. The second kappa shape index (κ2) is 21.2. The lowest BCUT2D eigenvalue weighted by Crippen LogP contribution is -2.41. The molecule has 348 valence electrons. The molecule has 4 aromatic carbocycles. The molecule has 0 saturated carbocycles. The highest BCUT2D eigenvalue weighted by atomic mass is 32.2. The van der Waals surface area contributed by atoms with Gasteiger partial charge in [0.2, 0.25) is 26.0 Å². The average Bonchev–Trinajstić information content (AvgIpc) is 4.04. The van der Waals surface area contributed by atoms with Gasteiger partial charge >= 0.3 is 0 Å². The van der Waals surface area contributed by atoms with Gasteiger partial charge in [0.25, 0.3) is 0 Å². The number of primary amides is 1. The van der Waals surface area contributed by atoms with Crippen molar-refractivity contribution in [2.75, 3.05) is 35.0 Å². The van der Waals surface area contributed by atoms with Crippen LogP contribution >= 0.6 is 0 Å². The summed E-state index contributed by atoms with van der Waals surface area (Å²) in [5.74, 6) is 2.16. The van der Waals surface area contributed by atoms with E-state index in [4.69, 9.17) is 30.4 Å². The lowest BCUT2D eigenvalue weighted by atomic mass is 10.1. The summed E-state index contributed by atoms with van der Waals surface area (Å²) in [6, 6.07) is 29.1. The summed E-state index contributed by atoms with van der Waals surface area (Å²) >= 11 is 0. The van der Waals surface area contributed by atoms with Gasteiger partial charge in [-0.15, -0.1) is 0 Å². The Bertz CT molecular complexity index is 2600. The molecular formula is C46H58N8O9S2. The highest BCUT2D eigenvalue weighted by molar-refractivity contribution is 7.89. The summed E-state index contributed by atoms with van der Waals surface area (Å²) in [6.07, 6.45) is 5.48. The van der Waals surface area contributed by atoms with Gasteiger partial charge in [-0.25, -0.2) is 16.8 Å². The predicted molar refractivity (Wildman–Crippen MR) is 246 cm³/mol. The molecule has 0 unspecified atom stereocenters. The van der Waals surface area contributed by atoms with E-state index >= 15 is 0 Å².